The second-order valence-corrected chi connectivity index (χ2v) is 10.9. The van der Waals surface area contributed by atoms with Crippen LogP contribution < -0.4 is 13.9 Å². The molecule has 6 heteroatoms. The standard InChI is InChI=1S/C6H18N3Si3/c1-4-10-7-11(5-2)9-12(6-3)8-10/h7-9H,4-6H2,1-3H3. The Morgan fingerprint density at radius 3 is 1.08 bits per heavy atom. The first-order chi connectivity index (χ1) is 5.80. The molecule has 1 aliphatic rings. The first-order valence-corrected chi connectivity index (χ1v) is 9.80. The maximum atomic E-state index is 3.72. The van der Waals surface area contributed by atoms with Crippen LogP contribution in [0.3, 0.4) is 0 Å². The van der Waals surface area contributed by atoms with Gasteiger partial charge in [0.1, 0.15) is 0 Å². The fourth-order valence-electron chi connectivity index (χ4n) is 1.17. The third kappa shape index (κ3) is 2.79. The molecule has 0 spiro atoms. The van der Waals surface area contributed by atoms with Gasteiger partial charge in [-0.2, -0.15) is 0 Å². The molecule has 0 aromatic carbocycles. The summed E-state index contributed by atoms with van der Waals surface area (Å²) in [5.74, 6) is 0. The predicted octanol–water partition coefficient (Wildman–Crippen LogP) is 0.293. The maximum absolute atomic E-state index is 3.72. The molecule has 3 radical (unpaired) electrons. The van der Waals surface area contributed by atoms with Gasteiger partial charge in [-0.3, -0.25) is 0 Å². The van der Waals surface area contributed by atoms with Gasteiger partial charge in [-0.1, -0.05) is 20.8 Å². The van der Waals surface area contributed by atoms with Gasteiger partial charge in [0, 0.05) is 0 Å². The van der Waals surface area contributed by atoms with Gasteiger partial charge in [0.05, 0.1) is 0 Å². The van der Waals surface area contributed by atoms with E-state index >= 15 is 0 Å². The van der Waals surface area contributed by atoms with E-state index in [0.717, 1.165) is 0 Å². The summed E-state index contributed by atoms with van der Waals surface area (Å²) in [6.45, 7) is 6.84. The summed E-state index contributed by atoms with van der Waals surface area (Å²) < 4.78 is 11.2. The summed E-state index contributed by atoms with van der Waals surface area (Å²) in [5.41, 5.74) is 0. The first kappa shape index (κ1) is 10.6. The SMILES string of the molecule is CC[Si]1N[Si](CC)N[Si](CC)N1. The second kappa shape index (κ2) is 5.30. The van der Waals surface area contributed by atoms with Crippen LogP contribution in [0, 0.1) is 0 Å². The molecule has 0 aromatic heterocycles. The zero-order valence-corrected chi connectivity index (χ0v) is 11.1. The Bertz CT molecular complexity index is 105. The van der Waals surface area contributed by atoms with Crippen molar-refractivity contribution < 1.29 is 0 Å². The number of hydrogen-bond acceptors (Lipinski definition) is 3. The molecule has 0 amide bonds. The van der Waals surface area contributed by atoms with Crippen LogP contribution in [0.1, 0.15) is 20.8 Å². The van der Waals surface area contributed by atoms with Gasteiger partial charge < -0.3 is 13.9 Å². The predicted molar refractivity (Wildman–Crippen MR) is 58.1 cm³/mol. The van der Waals surface area contributed by atoms with Crippen molar-refractivity contribution >= 4 is 27.4 Å². The van der Waals surface area contributed by atoms with Crippen LogP contribution >= 0.6 is 0 Å². The molecule has 1 fully saturated rings. The normalized spacial score (nSPS) is 23.2. The minimum atomic E-state index is -0.380. The van der Waals surface area contributed by atoms with Gasteiger partial charge in [-0.25, -0.2) is 0 Å². The van der Waals surface area contributed by atoms with Crippen LogP contribution in [0.5, 0.6) is 0 Å². The summed E-state index contributed by atoms with van der Waals surface area (Å²) in [6.07, 6.45) is 0. The molecule has 0 saturated carbocycles. The van der Waals surface area contributed by atoms with Crippen molar-refractivity contribution in [2.75, 3.05) is 0 Å². The van der Waals surface area contributed by atoms with Crippen molar-refractivity contribution in [3.8, 4) is 0 Å². The van der Waals surface area contributed by atoms with Crippen LogP contribution in [-0.2, 0) is 0 Å². The molecule has 1 aliphatic heterocycles. The molecule has 0 aliphatic carbocycles. The van der Waals surface area contributed by atoms with E-state index in [1.165, 1.54) is 18.1 Å². The van der Waals surface area contributed by atoms with Crippen molar-refractivity contribution in [3.05, 3.63) is 0 Å². The van der Waals surface area contributed by atoms with Crippen LogP contribution in [0.25, 0.3) is 0 Å². The fourth-order valence-corrected chi connectivity index (χ4v) is 12.2. The fraction of sp³-hybridized carbons (Fsp3) is 1.00. The van der Waals surface area contributed by atoms with E-state index in [0.29, 0.717) is 0 Å². The smallest absolute Gasteiger partial charge is 0.211 e. The van der Waals surface area contributed by atoms with E-state index in [-0.39, 0.29) is 27.4 Å². The molecular weight excluding hydrogens is 198 g/mol. The highest BCUT2D eigenvalue weighted by molar-refractivity contribution is 6.87. The number of nitrogens with one attached hydrogen (secondary N) is 3. The molecule has 0 unspecified atom stereocenters. The van der Waals surface area contributed by atoms with Gasteiger partial charge >= 0.3 is 0 Å². The largest absolute Gasteiger partial charge is 0.336 e. The van der Waals surface area contributed by atoms with Gasteiger partial charge in [0.25, 0.3) is 0 Å². The second-order valence-electron chi connectivity index (χ2n) is 2.87. The van der Waals surface area contributed by atoms with Gasteiger partial charge in [0.15, 0.2) is 0 Å². The minimum Gasteiger partial charge on any atom is -0.336 e. The minimum absolute atomic E-state index is 0.380. The molecule has 0 bridgehead atoms. The summed E-state index contributed by atoms with van der Waals surface area (Å²) in [7, 11) is -1.14. The Morgan fingerprint density at radius 1 is 0.667 bits per heavy atom. The molecule has 3 nitrogen and oxygen atoms in total. The lowest BCUT2D eigenvalue weighted by Crippen LogP contribution is -2.74. The Labute approximate surface area is 80.6 Å². The lowest BCUT2D eigenvalue weighted by atomic mass is 11.0. The van der Waals surface area contributed by atoms with E-state index in [9.17, 15) is 0 Å². The van der Waals surface area contributed by atoms with Crippen molar-refractivity contribution in [3.63, 3.8) is 0 Å². The van der Waals surface area contributed by atoms with Gasteiger partial charge in [0.2, 0.25) is 27.4 Å². The topological polar surface area (TPSA) is 36.1 Å². The molecule has 12 heavy (non-hydrogen) atoms. The maximum Gasteiger partial charge on any atom is 0.211 e. The quantitative estimate of drug-likeness (QED) is 0.594. The number of rotatable bonds is 3. The Morgan fingerprint density at radius 2 is 0.917 bits per heavy atom. The van der Waals surface area contributed by atoms with Crippen LogP contribution in [-0.4, -0.2) is 27.4 Å². The zero-order valence-electron chi connectivity index (χ0n) is 8.12. The van der Waals surface area contributed by atoms with E-state index in [1.54, 1.807) is 0 Å². The van der Waals surface area contributed by atoms with Crippen molar-refractivity contribution in [1.29, 1.82) is 0 Å². The molecule has 69 valence electrons. The third-order valence-electron chi connectivity index (χ3n) is 1.97. The first-order valence-electron chi connectivity index (χ1n) is 4.68. The molecular formula is C6H18N3Si3. The van der Waals surface area contributed by atoms with Crippen LogP contribution in [0.15, 0.2) is 0 Å². The van der Waals surface area contributed by atoms with E-state index in [2.05, 4.69) is 34.7 Å². The molecule has 3 N–H and O–H groups in total. The summed E-state index contributed by atoms with van der Waals surface area (Å²) in [4.78, 5) is 0. The van der Waals surface area contributed by atoms with Gasteiger partial charge in [-0.15, -0.1) is 0 Å². The summed E-state index contributed by atoms with van der Waals surface area (Å²) in [5, 5.41) is 0. The average Bonchev–Trinajstić information content (AvgIpc) is 2.16. The van der Waals surface area contributed by atoms with E-state index < -0.39 is 0 Å². The van der Waals surface area contributed by atoms with Crippen LogP contribution in [0.2, 0.25) is 18.1 Å². The monoisotopic (exact) mass is 216 g/mol. The molecule has 0 atom stereocenters. The van der Waals surface area contributed by atoms with Crippen molar-refractivity contribution in [2.45, 2.75) is 38.9 Å². The van der Waals surface area contributed by atoms with Gasteiger partial charge in [-0.05, 0) is 18.1 Å². The van der Waals surface area contributed by atoms with Crippen molar-refractivity contribution in [1.82, 2.24) is 13.9 Å². The molecule has 0 aromatic rings. The van der Waals surface area contributed by atoms with E-state index in [4.69, 9.17) is 0 Å². The summed E-state index contributed by atoms with van der Waals surface area (Å²) in [6, 6.07) is 3.90. The molecule has 1 saturated heterocycles. The number of hydrogen-bond donors (Lipinski definition) is 3. The molecule has 1 rings (SSSR count). The highest BCUT2D eigenvalue weighted by atomic mass is 28.4. The van der Waals surface area contributed by atoms with Crippen molar-refractivity contribution in [2.24, 2.45) is 0 Å². The lowest BCUT2D eigenvalue weighted by molar-refractivity contribution is 1.07. The summed E-state index contributed by atoms with van der Waals surface area (Å²) >= 11 is 0. The highest BCUT2D eigenvalue weighted by Gasteiger charge is 2.28. The zero-order chi connectivity index (χ0) is 8.97. The Hall–Kier alpha value is 0.531. The highest BCUT2D eigenvalue weighted by Crippen LogP contribution is 1.97. The Balaban J connectivity index is 2.41. The molecule has 1 heterocycles. The van der Waals surface area contributed by atoms with E-state index in [1.807, 2.05) is 0 Å². The Kier molecular flexibility index (Phi) is 4.69. The lowest BCUT2D eigenvalue weighted by Gasteiger charge is -2.33. The van der Waals surface area contributed by atoms with Crippen LogP contribution in [0.4, 0.5) is 0 Å². The average molecular weight is 216 g/mol. The third-order valence-corrected chi connectivity index (χ3v) is 11.3.